The van der Waals surface area contributed by atoms with Crippen molar-refractivity contribution in [2.45, 2.75) is 33.4 Å². The summed E-state index contributed by atoms with van der Waals surface area (Å²) in [6, 6.07) is 9.39. The molecule has 114 valence electrons. The highest BCUT2D eigenvalue weighted by molar-refractivity contribution is 7.10. The highest BCUT2D eigenvalue weighted by Gasteiger charge is 2.14. The van der Waals surface area contributed by atoms with Gasteiger partial charge in [-0.3, -0.25) is 0 Å². The van der Waals surface area contributed by atoms with Crippen LogP contribution < -0.4 is 5.32 Å². The monoisotopic (exact) mass is 302 g/mol. The Balaban J connectivity index is 1.98. The quantitative estimate of drug-likeness (QED) is 0.865. The summed E-state index contributed by atoms with van der Waals surface area (Å²) in [4.78, 5) is 3.70. The Morgan fingerprint density at radius 3 is 2.43 bits per heavy atom. The number of thiophene rings is 1. The number of hydrogen-bond acceptors (Lipinski definition) is 3. The molecule has 2 rings (SSSR count). The molecule has 1 heterocycles. The van der Waals surface area contributed by atoms with Crippen molar-refractivity contribution < 1.29 is 0 Å². The first-order chi connectivity index (χ1) is 9.99. The fraction of sp³-hybridized carbons (Fsp3) is 0.444. The van der Waals surface area contributed by atoms with E-state index in [0.717, 1.165) is 13.1 Å². The number of rotatable bonds is 6. The minimum atomic E-state index is 0.442. The molecule has 1 unspecified atom stereocenters. The predicted octanol–water partition coefficient (Wildman–Crippen LogP) is 4.07. The first-order valence-electron chi connectivity index (χ1n) is 7.46. The van der Waals surface area contributed by atoms with Crippen molar-refractivity contribution in [3.8, 4) is 0 Å². The van der Waals surface area contributed by atoms with E-state index in [-0.39, 0.29) is 0 Å². The zero-order chi connectivity index (χ0) is 15.4. The standard InChI is InChI=1S/C18H26N2S/c1-13-9-15(3)16(10-14(13)2)11-19-12-17(20(4)5)18-7-6-8-21-18/h6-10,17,19H,11-12H2,1-5H3. The van der Waals surface area contributed by atoms with Crippen LogP contribution in [0.4, 0.5) is 0 Å². The number of nitrogens with one attached hydrogen (secondary N) is 1. The third kappa shape index (κ3) is 4.16. The minimum absolute atomic E-state index is 0.442. The van der Waals surface area contributed by atoms with E-state index in [1.54, 1.807) is 0 Å². The molecule has 0 aliphatic rings. The molecule has 3 heteroatoms. The molecule has 21 heavy (non-hydrogen) atoms. The highest BCUT2D eigenvalue weighted by Crippen LogP contribution is 2.22. The number of benzene rings is 1. The van der Waals surface area contributed by atoms with Crippen LogP contribution in [0.15, 0.2) is 29.6 Å². The number of likely N-dealkylation sites (N-methyl/N-ethyl adjacent to an activating group) is 1. The summed E-state index contributed by atoms with van der Waals surface area (Å²) in [6.45, 7) is 8.47. The summed E-state index contributed by atoms with van der Waals surface area (Å²) < 4.78 is 0. The summed E-state index contributed by atoms with van der Waals surface area (Å²) >= 11 is 1.83. The average Bonchev–Trinajstić information content (AvgIpc) is 2.93. The van der Waals surface area contributed by atoms with Crippen molar-refractivity contribution in [3.63, 3.8) is 0 Å². The fourth-order valence-corrected chi connectivity index (χ4v) is 3.50. The molecule has 1 aromatic heterocycles. The number of aryl methyl sites for hydroxylation is 3. The van der Waals surface area contributed by atoms with Gasteiger partial charge in [0.15, 0.2) is 0 Å². The van der Waals surface area contributed by atoms with Crippen LogP contribution in [-0.2, 0) is 6.54 Å². The lowest BCUT2D eigenvalue weighted by molar-refractivity contribution is 0.292. The van der Waals surface area contributed by atoms with E-state index in [9.17, 15) is 0 Å². The molecule has 0 radical (unpaired) electrons. The van der Waals surface area contributed by atoms with E-state index >= 15 is 0 Å². The lowest BCUT2D eigenvalue weighted by atomic mass is 10.0. The molecule has 1 atom stereocenters. The second kappa shape index (κ2) is 7.21. The molecule has 2 nitrogen and oxygen atoms in total. The molecule has 0 bridgehead atoms. The Kier molecular flexibility index (Phi) is 5.57. The van der Waals surface area contributed by atoms with Crippen LogP contribution in [0.3, 0.4) is 0 Å². The van der Waals surface area contributed by atoms with E-state index in [0.29, 0.717) is 6.04 Å². The smallest absolute Gasteiger partial charge is 0.0561 e. The van der Waals surface area contributed by atoms with E-state index in [1.165, 1.54) is 27.1 Å². The molecule has 2 aromatic rings. The fourth-order valence-electron chi connectivity index (χ4n) is 2.57. The maximum absolute atomic E-state index is 3.62. The van der Waals surface area contributed by atoms with Gasteiger partial charge in [-0.1, -0.05) is 18.2 Å². The van der Waals surface area contributed by atoms with Crippen molar-refractivity contribution in [3.05, 3.63) is 56.8 Å². The van der Waals surface area contributed by atoms with Gasteiger partial charge < -0.3 is 10.2 Å². The zero-order valence-electron chi connectivity index (χ0n) is 13.7. The molecule has 1 N–H and O–H groups in total. The van der Waals surface area contributed by atoms with E-state index < -0.39 is 0 Å². The first-order valence-corrected chi connectivity index (χ1v) is 8.34. The zero-order valence-corrected chi connectivity index (χ0v) is 14.6. The van der Waals surface area contributed by atoms with Crippen LogP contribution in [0.1, 0.15) is 33.2 Å². The summed E-state index contributed by atoms with van der Waals surface area (Å²) in [5, 5.41) is 5.78. The van der Waals surface area contributed by atoms with E-state index in [4.69, 9.17) is 0 Å². The van der Waals surface area contributed by atoms with Gasteiger partial charge in [-0.15, -0.1) is 11.3 Å². The summed E-state index contributed by atoms with van der Waals surface area (Å²) in [5.74, 6) is 0. The summed E-state index contributed by atoms with van der Waals surface area (Å²) in [6.07, 6.45) is 0. The van der Waals surface area contributed by atoms with Crippen LogP contribution in [0.5, 0.6) is 0 Å². The van der Waals surface area contributed by atoms with Crippen LogP contribution in [0, 0.1) is 20.8 Å². The van der Waals surface area contributed by atoms with E-state index in [2.05, 4.69) is 74.7 Å². The van der Waals surface area contributed by atoms with Crippen molar-refractivity contribution >= 4 is 11.3 Å². The summed E-state index contributed by atoms with van der Waals surface area (Å²) in [5.41, 5.74) is 5.53. The SMILES string of the molecule is Cc1cc(C)c(CNCC(c2cccs2)N(C)C)cc1C. The van der Waals surface area contributed by atoms with E-state index in [1.807, 2.05) is 11.3 Å². The second-order valence-corrected chi connectivity index (χ2v) is 6.97. The van der Waals surface area contributed by atoms with Crippen molar-refractivity contribution in [1.82, 2.24) is 10.2 Å². The molecule has 0 fully saturated rings. The highest BCUT2D eigenvalue weighted by atomic mass is 32.1. The largest absolute Gasteiger partial charge is 0.311 e. The number of nitrogens with zero attached hydrogens (tertiary/aromatic N) is 1. The Bertz CT molecular complexity index is 573. The van der Waals surface area contributed by atoms with Gasteiger partial charge in [0, 0.05) is 18.0 Å². The minimum Gasteiger partial charge on any atom is -0.311 e. The molecule has 0 aliphatic heterocycles. The van der Waals surface area contributed by atoms with Gasteiger partial charge in [0.25, 0.3) is 0 Å². The topological polar surface area (TPSA) is 15.3 Å². The lowest BCUT2D eigenvalue weighted by Gasteiger charge is -2.24. The van der Waals surface area contributed by atoms with Gasteiger partial charge in [0.2, 0.25) is 0 Å². The van der Waals surface area contributed by atoms with Crippen molar-refractivity contribution in [2.75, 3.05) is 20.6 Å². The van der Waals surface area contributed by atoms with Gasteiger partial charge in [-0.2, -0.15) is 0 Å². The van der Waals surface area contributed by atoms with Crippen molar-refractivity contribution in [2.24, 2.45) is 0 Å². The van der Waals surface area contributed by atoms with Crippen LogP contribution >= 0.6 is 11.3 Å². The molecule has 0 saturated carbocycles. The normalized spacial score (nSPS) is 12.9. The second-order valence-electron chi connectivity index (χ2n) is 5.99. The van der Waals surface area contributed by atoms with Crippen molar-refractivity contribution in [1.29, 1.82) is 0 Å². The van der Waals surface area contributed by atoms with Gasteiger partial charge in [-0.25, -0.2) is 0 Å². The Labute approximate surface area is 132 Å². The molecular weight excluding hydrogens is 276 g/mol. The van der Waals surface area contributed by atoms with Crippen LogP contribution in [0.25, 0.3) is 0 Å². The lowest BCUT2D eigenvalue weighted by Crippen LogP contribution is -2.30. The molecule has 0 saturated heterocycles. The third-order valence-corrected chi connectivity index (χ3v) is 5.07. The maximum atomic E-state index is 3.62. The Hall–Kier alpha value is -1.16. The third-order valence-electron chi connectivity index (χ3n) is 4.10. The molecule has 0 aliphatic carbocycles. The number of hydrogen-bond donors (Lipinski definition) is 1. The average molecular weight is 302 g/mol. The Morgan fingerprint density at radius 1 is 1.10 bits per heavy atom. The van der Waals surface area contributed by atoms with Gasteiger partial charge in [-0.05, 0) is 68.6 Å². The first kappa shape index (κ1) is 16.2. The van der Waals surface area contributed by atoms with Gasteiger partial charge >= 0.3 is 0 Å². The molecule has 0 spiro atoms. The molecule has 0 amide bonds. The summed E-state index contributed by atoms with van der Waals surface area (Å²) in [7, 11) is 4.29. The Morgan fingerprint density at radius 2 is 1.81 bits per heavy atom. The molecular formula is C18H26N2S. The van der Waals surface area contributed by atoms with Crippen LogP contribution in [-0.4, -0.2) is 25.5 Å². The maximum Gasteiger partial charge on any atom is 0.0561 e. The van der Waals surface area contributed by atoms with Gasteiger partial charge in [0.05, 0.1) is 6.04 Å². The van der Waals surface area contributed by atoms with Crippen LogP contribution in [0.2, 0.25) is 0 Å². The van der Waals surface area contributed by atoms with Gasteiger partial charge in [0.1, 0.15) is 0 Å². The molecule has 1 aromatic carbocycles. The predicted molar refractivity (Wildman–Crippen MR) is 93.1 cm³/mol.